The van der Waals surface area contributed by atoms with Crippen LogP contribution in [-0.2, 0) is 10.0 Å². The average Bonchev–Trinajstić information content (AvgIpc) is 3.41. The Balaban J connectivity index is 1.74. The van der Waals surface area contributed by atoms with E-state index in [-0.39, 0.29) is 10.9 Å². The van der Waals surface area contributed by atoms with E-state index in [1.807, 2.05) is 22.2 Å². The molecule has 0 radical (unpaired) electrons. The zero-order valence-corrected chi connectivity index (χ0v) is 16.6. The van der Waals surface area contributed by atoms with Gasteiger partial charge in [0.1, 0.15) is 16.3 Å². The number of methoxy groups -OCH3 is 1. The first-order chi connectivity index (χ1) is 13.1. The number of rotatable bonds is 6. The normalized spacial score (nSPS) is 15.1. The largest absolute Gasteiger partial charge is 0.497 e. The second-order valence-electron chi connectivity index (χ2n) is 6.58. The third-order valence-electron chi connectivity index (χ3n) is 4.76. The van der Waals surface area contributed by atoms with Gasteiger partial charge in [0.15, 0.2) is 0 Å². The van der Waals surface area contributed by atoms with E-state index in [1.165, 1.54) is 11.3 Å². The molecule has 1 aromatic carbocycles. The Morgan fingerprint density at radius 2 is 2.04 bits per heavy atom. The quantitative estimate of drug-likeness (QED) is 0.656. The van der Waals surface area contributed by atoms with Crippen molar-refractivity contribution in [3.8, 4) is 16.3 Å². The fraction of sp³-hybridized carbons (Fsp3) is 0.316. The first-order valence-electron chi connectivity index (χ1n) is 8.87. The molecule has 0 saturated heterocycles. The molecule has 1 saturated carbocycles. The maximum Gasteiger partial charge on any atom is 0.265 e. The van der Waals surface area contributed by atoms with Crippen molar-refractivity contribution in [2.24, 2.45) is 0 Å². The average molecular weight is 404 g/mol. The SMILES string of the molecule is COc1cccc(NS(=O)(=O)c2cn(C3CCCC3)nc2-c2cccs2)c1. The number of hydrogen-bond donors (Lipinski definition) is 1. The first-order valence-corrected chi connectivity index (χ1v) is 11.2. The molecule has 1 aliphatic rings. The fourth-order valence-electron chi connectivity index (χ4n) is 3.41. The molecule has 0 unspecified atom stereocenters. The highest BCUT2D eigenvalue weighted by atomic mass is 32.2. The summed E-state index contributed by atoms with van der Waals surface area (Å²) in [5, 5.41) is 6.59. The lowest BCUT2D eigenvalue weighted by atomic mass is 10.3. The summed E-state index contributed by atoms with van der Waals surface area (Å²) in [7, 11) is -2.24. The van der Waals surface area contributed by atoms with Crippen LogP contribution in [0.4, 0.5) is 5.69 Å². The minimum Gasteiger partial charge on any atom is -0.497 e. The molecule has 1 fully saturated rings. The van der Waals surface area contributed by atoms with Gasteiger partial charge in [-0.3, -0.25) is 9.40 Å². The topological polar surface area (TPSA) is 73.2 Å². The number of anilines is 1. The summed E-state index contributed by atoms with van der Waals surface area (Å²) >= 11 is 1.49. The number of benzene rings is 1. The minimum atomic E-state index is -3.79. The van der Waals surface area contributed by atoms with E-state index in [4.69, 9.17) is 4.74 Å². The van der Waals surface area contributed by atoms with Crippen LogP contribution in [0.3, 0.4) is 0 Å². The summed E-state index contributed by atoms with van der Waals surface area (Å²) < 4.78 is 36.0. The predicted octanol–water partition coefficient (Wildman–Crippen LogP) is 4.54. The highest BCUT2D eigenvalue weighted by molar-refractivity contribution is 7.92. The minimum absolute atomic E-state index is 0.208. The van der Waals surface area contributed by atoms with Gasteiger partial charge in [0.25, 0.3) is 10.0 Å². The van der Waals surface area contributed by atoms with E-state index in [1.54, 1.807) is 37.6 Å². The third kappa shape index (κ3) is 3.72. The van der Waals surface area contributed by atoms with Crippen LogP contribution in [0.5, 0.6) is 5.75 Å². The van der Waals surface area contributed by atoms with Crippen LogP contribution in [0.15, 0.2) is 52.9 Å². The van der Waals surface area contributed by atoms with Crippen LogP contribution >= 0.6 is 11.3 Å². The van der Waals surface area contributed by atoms with Crippen molar-refractivity contribution < 1.29 is 13.2 Å². The molecule has 1 aliphatic carbocycles. The summed E-state index contributed by atoms with van der Waals surface area (Å²) in [5.41, 5.74) is 0.965. The van der Waals surface area contributed by atoms with Crippen molar-refractivity contribution in [1.82, 2.24) is 9.78 Å². The van der Waals surface area contributed by atoms with E-state index in [2.05, 4.69) is 9.82 Å². The zero-order chi connectivity index (χ0) is 18.9. The molecule has 2 heterocycles. The van der Waals surface area contributed by atoms with Crippen molar-refractivity contribution in [3.05, 3.63) is 48.0 Å². The molecule has 6 nitrogen and oxygen atoms in total. The molecule has 8 heteroatoms. The van der Waals surface area contributed by atoms with Crippen LogP contribution in [-0.4, -0.2) is 25.3 Å². The van der Waals surface area contributed by atoms with Gasteiger partial charge in [-0.15, -0.1) is 11.3 Å². The van der Waals surface area contributed by atoms with Crippen molar-refractivity contribution in [2.45, 2.75) is 36.6 Å². The van der Waals surface area contributed by atoms with Crippen molar-refractivity contribution in [3.63, 3.8) is 0 Å². The molecule has 0 spiro atoms. The lowest BCUT2D eigenvalue weighted by Gasteiger charge is -2.09. The molecule has 142 valence electrons. The zero-order valence-electron chi connectivity index (χ0n) is 15.0. The van der Waals surface area contributed by atoms with E-state index >= 15 is 0 Å². The van der Waals surface area contributed by atoms with Gasteiger partial charge in [-0.05, 0) is 36.4 Å². The van der Waals surface area contributed by atoms with Crippen LogP contribution in [0.25, 0.3) is 10.6 Å². The highest BCUT2D eigenvalue weighted by Gasteiger charge is 2.27. The van der Waals surface area contributed by atoms with Gasteiger partial charge in [0.05, 0.1) is 23.7 Å². The Morgan fingerprint density at radius 3 is 2.74 bits per heavy atom. The second-order valence-corrected chi connectivity index (χ2v) is 9.17. The van der Waals surface area contributed by atoms with Crippen LogP contribution < -0.4 is 9.46 Å². The van der Waals surface area contributed by atoms with Crippen LogP contribution in [0.1, 0.15) is 31.7 Å². The molecule has 0 aliphatic heterocycles. The second kappa shape index (κ2) is 7.36. The third-order valence-corrected chi connectivity index (χ3v) is 7.02. The molecule has 27 heavy (non-hydrogen) atoms. The Kier molecular flexibility index (Phi) is 4.92. The molecular formula is C19H21N3O3S2. The van der Waals surface area contributed by atoms with Crippen molar-refractivity contribution >= 4 is 27.0 Å². The summed E-state index contributed by atoms with van der Waals surface area (Å²) in [6.45, 7) is 0. The number of nitrogens with zero attached hydrogens (tertiary/aromatic N) is 2. The Labute approximate surface area is 162 Å². The number of nitrogens with one attached hydrogen (secondary N) is 1. The maximum atomic E-state index is 13.1. The van der Waals surface area contributed by atoms with E-state index in [0.717, 1.165) is 30.6 Å². The smallest absolute Gasteiger partial charge is 0.265 e. The van der Waals surface area contributed by atoms with E-state index in [0.29, 0.717) is 17.1 Å². The molecular weight excluding hydrogens is 382 g/mol. The van der Waals surface area contributed by atoms with Crippen molar-refractivity contribution in [2.75, 3.05) is 11.8 Å². The number of thiophene rings is 1. The molecule has 0 bridgehead atoms. The molecule has 0 amide bonds. The Hall–Kier alpha value is -2.32. The van der Waals surface area contributed by atoms with Gasteiger partial charge in [0, 0.05) is 12.3 Å². The number of hydrogen-bond acceptors (Lipinski definition) is 5. The van der Waals surface area contributed by atoms with E-state index < -0.39 is 10.0 Å². The van der Waals surface area contributed by atoms with Crippen LogP contribution in [0, 0.1) is 0 Å². The summed E-state index contributed by atoms with van der Waals surface area (Å²) in [5.74, 6) is 0.593. The highest BCUT2D eigenvalue weighted by Crippen LogP contribution is 2.35. The Morgan fingerprint density at radius 1 is 1.22 bits per heavy atom. The fourth-order valence-corrected chi connectivity index (χ4v) is 5.40. The van der Waals surface area contributed by atoms with Gasteiger partial charge in [-0.2, -0.15) is 5.10 Å². The summed E-state index contributed by atoms with van der Waals surface area (Å²) in [6, 6.07) is 10.9. The number of aromatic nitrogens is 2. The lowest BCUT2D eigenvalue weighted by molar-refractivity contribution is 0.415. The number of sulfonamides is 1. The molecule has 1 N–H and O–H groups in total. The summed E-state index contributed by atoms with van der Waals surface area (Å²) in [4.78, 5) is 1.05. The predicted molar refractivity (Wildman–Crippen MR) is 107 cm³/mol. The van der Waals surface area contributed by atoms with Gasteiger partial charge in [0.2, 0.25) is 0 Å². The van der Waals surface area contributed by atoms with Gasteiger partial charge in [-0.25, -0.2) is 8.42 Å². The van der Waals surface area contributed by atoms with Crippen molar-refractivity contribution in [1.29, 1.82) is 0 Å². The van der Waals surface area contributed by atoms with Gasteiger partial charge >= 0.3 is 0 Å². The number of ether oxygens (including phenoxy) is 1. The van der Waals surface area contributed by atoms with E-state index in [9.17, 15) is 8.42 Å². The lowest BCUT2D eigenvalue weighted by Crippen LogP contribution is -2.13. The Bertz CT molecular complexity index is 1020. The first kappa shape index (κ1) is 18.1. The molecule has 2 aromatic heterocycles. The molecule has 4 rings (SSSR count). The van der Waals surface area contributed by atoms with Gasteiger partial charge in [-0.1, -0.05) is 25.0 Å². The van der Waals surface area contributed by atoms with Crippen LogP contribution in [0.2, 0.25) is 0 Å². The maximum absolute atomic E-state index is 13.1. The standard InChI is InChI=1S/C19H21N3O3S2/c1-25-16-9-4-6-14(12-16)21-27(23,24)18-13-22(15-7-2-3-8-15)20-19(18)17-10-5-11-26-17/h4-6,9-13,15,21H,2-3,7-8H2,1H3. The van der Waals surface area contributed by atoms with Gasteiger partial charge < -0.3 is 4.74 Å². The molecule has 3 aromatic rings. The summed E-state index contributed by atoms with van der Waals surface area (Å²) in [6.07, 6.45) is 6.06. The molecule has 0 atom stereocenters. The monoisotopic (exact) mass is 403 g/mol.